The molecule has 0 heterocycles. The molecule has 2 N–H and O–H groups in total. The zero-order valence-electron chi connectivity index (χ0n) is 21.4. The fourth-order valence-electron chi connectivity index (χ4n) is 4.08. The van der Waals surface area contributed by atoms with Gasteiger partial charge in [0.1, 0.15) is 6.04 Å². The topological polar surface area (TPSA) is 59.6 Å². The second-order valence-corrected chi connectivity index (χ2v) is 8.99. The highest BCUT2D eigenvalue weighted by Crippen LogP contribution is 2.34. The van der Waals surface area contributed by atoms with Crippen LogP contribution in [0.2, 0.25) is 0 Å². The third-order valence-electron chi connectivity index (χ3n) is 5.97. The maximum atomic E-state index is 13.0. The smallest absolute Gasteiger partial charge is 0.416 e. The molecule has 0 saturated heterocycles. The zero-order valence-corrected chi connectivity index (χ0v) is 21.4. The van der Waals surface area contributed by atoms with E-state index in [0.717, 1.165) is 28.8 Å². The van der Waals surface area contributed by atoms with E-state index in [2.05, 4.69) is 10.6 Å². The third kappa shape index (κ3) is 7.73. The van der Waals surface area contributed by atoms with Crippen LogP contribution in [0, 0.1) is 0 Å². The Balaban J connectivity index is 1.93. The number of halogens is 3. The molecule has 198 valence electrons. The normalized spacial score (nSPS) is 13.2. The van der Waals surface area contributed by atoms with E-state index in [1.165, 1.54) is 12.1 Å². The summed E-state index contributed by atoms with van der Waals surface area (Å²) in [5.74, 6) is 0.967. The Morgan fingerprint density at radius 1 is 0.919 bits per heavy atom. The molecule has 0 bridgehead atoms. The van der Waals surface area contributed by atoms with Crippen LogP contribution in [0.15, 0.2) is 72.8 Å². The fourth-order valence-corrected chi connectivity index (χ4v) is 4.08. The van der Waals surface area contributed by atoms with Crippen molar-refractivity contribution in [3.8, 4) is 11.5 Å². The Bertz CT molecular complexity index is 1150. The molecule has 0 fully saturated rings. The molecule has 0 spiro atoms. The van der Waals surface area contributed by atoms with E-state index >= 15 is 0 Å². The van der Waals surface area contributed by atoms with Gasteiger partial charge in [0.05, 0.1) is 18.8 Å². The number of carbonyl (C=O) groups excluding carboxylic acids is 1. The van der Waals surface area contributed by atoms with Gasteiger partial charge in [0.2, 0.25) is 5.91 Å². The van der Waals surface area contributed by atoms with Crippen LogP contribution in [-0.4, -0.2) is 26.2 Å². The Hall–Kier alpha value is -3.52. The molecular weight excluding hydrogens is 481 g/mol. The minimum atomic E-state index is -4.38. The molecule has 0 radical (unpaired) electrons. The van der Waals surface area contributed by atoms with Crippen LogP contribution in [-0.2, 0) is 17.4 Å². The van der Waals surface area contributed by atoms with Gasteiger partial charge in [-0.15, -0.1) is 0 Å². The molecule has 0 aromatic heterocycles. The first-order valence-corrected chi connectivity index (χ1v) is 12.2. The second kappa shape index (κ2) is 12.6. The average molecular weight is 515 g/mol. The zero-order chi connectivity index (χ0) is 27.0. The number of rotatable bonds is 11. The number of hydrogen-bond acceptors (Lipinski definition) is 4. The summed E-state index contributed by atoms with van der Waals surface area (Å²) in [7, 11) is 3.15. The molecule has 0 aliphatic carbocycles. The Kier molecular flexibility index (Phi) is 9.58. The summed E-state index contributed by atoms with van der Waals surface area (Å²) in [5, 5.41) is 6.18. The van der Waals surface area contributed by atoms with E-state index < -0.39 is 17.8 Å². The number of ether oxygens (including phenoxy) is 2. The largest absolute Gasteiger partial charge is 0.493 e. The number of alkyl halides is 3. The monoisotopic (exact) mass is 514 g/mol. The lowest BCUT2D eigenvalue weighted by Crippen LogP contribution is -2.38. The highest BCUT2D eigenvalue weighted by molar-refractivity contribution is 5.83. The van der Waals surface area contributed by atoms with E-state index in [1.54, 1.807) is 14.2 Å². The van der Waals surface area contributed by atoms with Gasteiger partial charge in [-0.25, -0.2) is 0 Å². The molecule has 0 saturated carbocycles. The van der Waals surface area contributed by atoms with Crippen molar-refractivity contribution in [2.45, 2.75) is 51.1 Å². The van der Waals surface area contributed by atoms with Crippen LogP contribution < -0.4 is 20.1 Å². The number of hydrogen-bond donors (Lipinski definition) is 2. The van der Waals surface area contributed by atoms with Gasteiger partial charge in [0.25, 0.3) is 0 Å². The molecule has 3 aromatic rings. The van der Waals surface area contributed by atoms with Crippen molar-refractivity contribution in [1.29, 1.82) is 0 Å². The van der Waals surface area contributed by atoms with Crippen LogP contribution in [0.1, 0.15) is 54.6 Å². The summed E-state index contributed by atoms with van der Waals surface area (Å²) < 4.78 is 50.4. The highest BCUT2D eigenvalue weighted by Gasteiger charge is 2.30. The molecule has 1 amide bonds. The maximum absolute atomic E-state index is 13.0. The van der Waals surface area contributed by atoms with Crippen molar-refractivity contribution in [2.24, 2.45) is 0 Å². The predicted octanol–water partition coefficient (Wildman–Crippen LogP) is 6.25. The fraction of sp³-hybridized carbons (Fsp3) is 0.345. The first-order chi connectivity index (χ1) is 17.6. The lowest BCUT2D eigenvalue weighted by molar-refractivity contribution is -0.137. The minimum Gasteiger partial charge on any atom is -0.493 e. The molecule has 2 atom stereocenters. The van der Waals surface area contributed by atoms with Gasteiger partial charge in [0.15, 0.2) is 11.5 Å². The standard InChI is InChI=1S/C29H33F3N2O3/c1-19(2)37-25-17-13-22(18-26(25)36-4)24(16-12-20-10-14-23(15-11-20)29(30,31)32)34-27(28(35)33-3)21-8-6-5-7-9-21/h5-11,13-15,17-19,24,27,34H,12,16H2,1-4H3,(H,33,35). The number of methoxy groups -OCH3 is 1. The number of likely N-dealkylation sites (N-methyl/N-ethyl adjacent to an activating group) is 1. The van der Waals surface area contributed by atoms with E-state index in [-0.39, 0.29) is 18.1 Å². The van der Waals surface area contributed by atoms with Crippen molar-refractivity contribution in [3.05, 3.63) is 95.1 Å². The number of aryl methyl sites for hydroxylation is 1. The minimum absolute atomic E-state index is 0.0379. The Morgan fingerprint density at radius 2 is 1.59 bits per heavy atom. The summed E-state index contributed by atoms with van der Waals surface area (Å²) >= 11 is 0. The molecule has 5 nitrogen and oxygen atoms in total. The number of nitrogens with one attached hydrogen (secondary N) is 2. The molecule has 37 heavy (non-hydrogen) atoms. The number of carbonyl (C=O) groups is 1. The molecule has 2 unspecified atom stereocenters. The van der Waals surface area contributed by atoms with Crippen LogP contribution in [0.5, 0.6) is 11.5 Å². The van der Waals surface area contributed by atoms with Crippen molar-refractivity contribution >= 4 is 5.91 Å². The highest BCUT2D eigenvalue weighted by atomic mass is 19.4. The van der Waals surface area contributed by atoms with Gasteiger partial charge < -0.3 is 14.8 Å². The first kappa shape index (κ1) is 28.1. The van der Waals surface area contributed by atoms with Crippen molar-refractivity contribution < 1.29 is 27.4 Å². The van der Waals surface area contributed by atoms with E-state index in [0.29, 0.717) is 24.3 Å². The van der Waals surface area contributed by atoms with Crippen LogP contribution in [0.3, 0.4) is 0 Å². The Morgan fingerprint density at radius 3 is 2.16 bits per heavy atom. The van der Waals surface area contributed by atoms with E-state index in [9.17, 15) is 18.0 Å². The lowest BCUT2D eigenvalue weighted by atomic mass is 9.95. The molecule has 3 aromatic carbocycles. The van der Waals surface area contributed by atoms with Crippen LogP contribution in [0.25, 0.3) is 0 Å². The maximum Gasteiger partial charge on any atom is 0.416 e. The van der Waals surface area contributed by atoms with Crippen molar-refractivity contribution in [3.63, 3.8) is 0 Å². The Labute approximate surface area is 216 Å². The predicted molar refractivity (Wildman–Crippen MR) is 138 cm³/mol. The summed E-state index contributed by atoms with van der Waals surface area (Å²) in [4.78, 5) is 12.9. The van der Waals surface area contributed by atoms with E-state index in [4.69, 9.17) is 9.47 Å². The van der Waals surface area contributed by atoms with Gasteiger partial charge in [-0.05, 0) is 67.6 Å². The average Bonchev–Trinajstić information content (AvgIpc) is 2.88. The van der Waals surface area contributed by atoms with Crippen LogP contribution in [0.4, 0.5) is 13.2 Å². The van der Waals surface area contributed by atoms with E-state index in [1.807, 2.05) is 62.4 Å². The molecule has 0 aliphatic heterocycles. The van der Waals surface area contributed by atoms with Gasteiger partial charge in [0, 0.05) is 13.1 Å². The summed E-state index contributed by atoms with van der Waals surface area (Å²) in [6.45, 7) is 3.85. The molecule has 0 aliphatic rings. The van der Waals surface area contributed by atoms with Gasteiger partial charge in [-0.3, -0.25) is 10.1 Å². The van der Waals surface area contributed by atoms with Gasteiger partial charge >= 0.3 is 6.18 Å². The summed E-state index contributed by atoms with van der Waals surface area (Å²) in [5.41, 5.74) is 1.75. The molecule has 8 heteroatoms. The third-order valence-corrected chi connectivity index (χ3v) is 5.97. The number of amides is 1. The van der Waals surface area contributed by atoms with Gasteiger partial charge in [-0.1, -0.05) is 48.5 Å². The quantitative estimate of drug-likeness (QED) is 0.318. The SMILES string of the molecule is CNC(=O)C(NC(CCc1ccc(C(F)(F)F)cc1)c1ccc(OC(C)C)c(OC)c1)c1ccccc1. The van der Waals surface area contributed by atoms with Gasteiger partial charge in [-0.2, -0.15) is 13.2 Å². The molecular formula is C29H33F3N2O3. The summed E-state index contributed by atoms with van der Waals surface area (Å²) in [6, 6.07) is 19.2. The van der Waals surface area contributed by atoms with Crippen LogP contribution >= 0.6 is 0 Å². The number of benzene rings is 3. The van der Waals surface area contributed by atoms with Crippen molar-refractivity contribution in [2.75, 3.05) is 14.2 Å². The molecule has 3 rings (SSSR count). The first-order valence-electron chi connectivity index (χ1n) is 12.2. The lowest BCUT2D eigenvalue weighted by Gasteiger charge is -2.27. The second-order valence-electron chi connectivity index (χ2n) is 8.99. The summed E-state index contributed by atoms with van der Waals surface area (Å²) in [6.07, 6.45) is -3.39. The van der Waals surface area contributed by atoms with Crippen molar-refractivity contribution in [1.82, 2.24) is 10.6 Å².